The van der Waals surface area contributed by atoms with E-state index in [9.17, 15) is 5.11 Å². The second-order valence-electron chi connectivity index (χ2n) is 9.62. The number of allylic oxidation sites excluding steroid dienone is 3. The molecule has 0 fully saturated rings. The Morgan fingerprint density at radius 1 is 1.10 bits per heavy atom. The molecule has 174 valence electrons. The van der Waals surface area contributed by atoms with E-state index in [1.165, 1.54) is 74.5 Å². The predicted molar refractivity (Wildman–Crippen MR) is 132 cm³/mol. The van der Waals surface area contributed by atoms with Crippen molar-refractivity contribution in [3.63, 3.8) is 0 Å². The number of hydrogen-bond donors (Lipinski definition) is 1. The minimum Gasteiger partial charge on any atom is -0.493 e. The fourth-order valence-corrected chi connectivity index (χ4v) is 4.26. The third-order valence-corrected chi connectivity index (χ3v) is 6.66. The van der Waals surface area contributed by atoms with Gasteiger partial charge in [-0.15, -0.1) is 0 Å². The van der Waals surface area contributed by atoms with E-state index >= 15 is 0 Å². The first-order valence-corrected chi connectivity index (χ1v) is 12.8. The molecule has 1 aliphatic rings. The topological polar surface area (TPSA) is 29.5 Å². The minimum absolute atomic E-state index is 0.150. The molecule has 1 rings (SSSR count). The first-order valence-electron chi connectivity index (χ1n) is 12.8. The van der Waals surface area contributed by atoms with Crippen molar-refractivity contribution in [1.82, 2.24) is 0 Å². The summed E-state index contributed by atoms with van der Waals surface area (Å²) in [5, 5.41) is 10.5. The number of hydrogen-bond acceptors (Lipinski definition) is 2. The number of aliphatic hydroxyl groups excluding tert-OH is 1. The summed E-state index contributed by atoms with van der Waals surface area (Å²) in [5.41, 5.74) is 3.98. The van der Waals surface area contributed by atoms with Gasteiger partial charge in [0.2, 0.25) is 0 Å². The number of rotatable bonds is 16. The first kappa shape index (κ1) is 27.0. The summed E-state index contributed by atoms with van der Waals surface area (Å²) in [6.07, 6.45) is 18.8. The normalized spacial score (nSPS) is 21.0. The molecule has 0 amide bonds. The van der Waals surface area contributed by atoms with Gasteiger partial charge in [0.15, 0.2) is 0 Å². The van der Waals surface area contributed by atoms with Gasteiger partial charge < -0.3 is 9.84 Å². The molecule has 0 aromatic heterocycles. The highest BCUT2D eigenvalue weighted by atomic mass is 16.5. The monoisotopic (exact) mass is 418 g/mol. The van der Waals surface area contributed by atoms with Crippen LogP contribution < -0.4 is 0 Å². The fraction of sp³-hybridized carbons (Fsp3) is 0.786. The third-order valence-electron chi connectivity index (χ3n) is 6.66. The van der Waals surface area contributed by atoms with Crippen molar-refractivity contribution in [2.24, 2.45) is 11.8 Å². The Labute approximate surface area is 187 Å². The maximum absolute atomic E-state index is 10.5. The Bertz CT molecular complexity index is 555. The van der Waals surface area contributed by atoms with E-state index in [1.807, 2.05) is 0 Å². The van der Waals surface area contributed by atoms with Gasteiger partial charge in [-0.1, -0.05) is 77.9 Å². The predicted octanol–water partition coefficient (Wildman–Crippen LogP) is 8.52. The highest BCUT2D eigenvalue weighted by Crippen LogP contribution is 2.34. The van der Waals surface area contributed by atoms with Gasteiger partial charge in [0, 0.05) is 5.92 Å². The average Bonchev–Trinajstić information content (AvgIpc) is 2.71. The second kappa shape index (κ2) is 15.7. The zero-order chi connectivity index (χ0) is 22.4. The molecular weight excluding hydrogens is 368 g/mol. The molecule has 0 aromatic carbocycles. The van der Waals surface area contributed by atoms with Crippen LogP contribution in [0.25, 0.3) is 0 Å². The van der Waals surface area contributed by atoms with E-state index < -0.39 is 0 Å². The molecule has 0 bridgehead atoms. The zero-order valence-corrected chi connectivity index (χ0v) is 20.9. The van der Waals surface area contributed by atoms with E-state index in [2.05, 4.69) is 53.7 Å². The smallest absolute Gasteiger partial charge is 0.121 e. The molecule has 0 saturated carbocycles. The minimum atomic E-state index is -0.378. The maximum Gasteiger partial charge on any atom is 0.121 e. The summed E-state index contributed by atoms with van der Waals surface area (Å²) in [6, 6.07) is 0. The van der Waals surface area contributed by atoms with E-state index in [-0.39, 0.29) is 12.0 Å². The highest BCUT2D eigenvalue weighted by molar-refractivity contribution is 5.37. The van der Waals surface area contributed by atoms with E-state index in [0.717, 1.165) is 31.6 Å². The summed E-state index contributed by atoms with van der Waals surface area (Å²) < 4.78 is 6.30. The van der Waals surface area contributed by atoms with Crippen molar-refractivity contribution in [2.75, 3.05) is 6.61 Å². The summed E-state index contributed by atoms with van der Waals surface area (Å²) in [7, 11) is 0. The van der Waals surface area contributed by atoms with Gasteiger partial charge in [-0.05, 0) is 75.5 Å². The molecule has 0 radical (unpaired) electrons. The van der Waals surface area contributed by atoms with Crippen LogP contribution in [-0.4, -0.2) is 17.8 Å². The van der Waals surface area contributed by atoms with Crippen LogP contribution in [0.1, 0.15) is 119 Å². The zero-order valence-electron chi connectivity index (χ0n) is 20.9. The van der Waals surface area contributed by atoms with Crippen molar-refractivity contribution < 1.29 is 9.84 Å². The van der Waals surface area contributed by atoms with Gasteiger partial charge in [0.05, 0.1) is 12.7 Å². The van der Waals surface area contributed by atoms with Crippen LogP contribution in [0.2, 0.25) is 0 Å². The van der Waals surface area contributed by atoms with Crippen LogP contribution in [0.15, 0.2) is 34.6 Å². The molecular formula is C28H50O2. The van der Waals surface area contributed by atoms with E-state index in [4.69, 9.17) is 4.74 Å². The highest BCUT2D eigenvalue weighted by Gasteiger charge is 2.26. The molecule has 0 spiro atoms. The van der Waals surface area contributed by atoms with Crippen LogP contribution in [0.3, 0.4) is 0 Å². The first-order chi connectivity index (χ1) is 14.4. The van der Waals surface area contributed by atoms with E-state index in [1.54, 1.807) is 0 Å². The standard InChI is InChI=1S/C28H50O2/c1-7-9-10-11-12-13-20-30-28-25(6)24(5)27(29)21-26(28)19-18-23(4)17-14-16-22(3)15-8-2/h16,21,23-24,27,29H,7-15,17-20H2,1-6H3. The van der Waals surface area contributed by atoms with Crippen LogP contribution in [0.5, 0.6) is 0 Å². The molecule has 30 heavy (non-hydrogen) atoms. The van der Waals surface area contributed by atoms with Crippen LogP contribution in [0.4, 0.5) is 0 Å². The Kier molecular flexibility index (Phi) is 14.2. The molecule has 3 unspecified atom stereocenters. The summed E-state index contributed by atoms with van der Waals surface area (Å²) in [6.45, 7) is 14.2. The molecule has 1 aliphatic carbocycles. The van der Waals surface area contributed by atoms with Crippen molar-refractivity contribution in [3.8, 4) is 0 Å². The Balaban J connectivity index is 2.51. The Morgan fingerprint density at radius 3 is 2.50 bits per heavy atom. The number of unbranched alkanes of at least 4 members (excludes halogenated alkanes) is 5. The quantitative estimate of drug-likeness (QED) is 0.201. The van der Waals surface area contributed by atoms with Crippen LogP contribution >= 0.6 is 0 Å². The molecule has 0 saturated heterocycles. The molecule has 3 atom stereocenters. The van der Waals surface area contributed by atoms with Gasteiger partial charge in [0.1, 0.15) is 5.76 Å². The lowest BCUT2D eigenvalue weighted by Gasteiger charge is -2.29. The van der Waals surface area contributed by atoms with Gasteiger partial charge in [-0.2, -0.15) is 0 Å². The Morgan fingerprint density at radius 2 is 1.80 bits per heavy atom. The van der Waals surface area contributed by atoms with E-state index in [0.29, 0.717) is 5.92 Å². The lowest BCUT2D eigenvalue weighted by molar-refractivity contribution is 0.154. The largest absolute Gasteiger partial charge is 0.493 e. The molecule has 2 nitrogen and oxygen atoms in total. The molecule has 0 aromatic rings. The van der Waals surface area contributed by atoms with Crippen molar-refractivity contribution in [3.05, 3.63) is 34.6 Å². The average molecular weight is 419 g/mol. The van der Waals surface area contributed by atoms with Crippen molar-refractivity contribution >= 4 is 0 Å². The lowest BCUT2D eigenvalue weighted by Crippen LogP contribution is -2.23. The molecule has 1 N–H and O–H groups in total. The molecule has 2 heteroatoms. The lowest BCUT2D eigenvalue weighted by atomic mass is 9.84. The number of aliphatic hydroxyl groups is 1. The molecule has 0 heterocycles. The summed E-state index contributed by atoms with van der Waals surface area (Å²) in [4.78, 5) is 0. The van der Waals surface area contributed by atoms with Crippen LogP contribution in [-0.2, 0) is 4.74 Å². The maximum atomic E-state index is 10.5. The summed E-state index contributed by atoms with van der Waals surface area (Å²) >= 11 is 0. The van der Waals surface area contributed by atoms with Gasteiger partial charge in [0.25, 0.3) is 0 Å². The Hall–Kier alpha value is -1.02. The van der Waals surface area contributed by atoms with Crippen molar-refractivity contribution in [1.29, 1.82) is 0 Å². The third kappa shape index (κ3) is 10.3. The van der Waals surface area contributed by atoms with Crippen LogP contribution in [0, 0.1) is 11.8 Å². The van der Waals surface area contributed by atoms with Crippen molar-refractivity contribution in [2.45, 2.75) is 125 Å². The van der Waals surface area contributed by atoms with Gasteiger partial charge in [-0.3, -0.25) is 0 Å². The second-order valence-corrected chi connectivity index (χ2v) is 9.62. The SMILES string of the molecule is CCCCCCCCOC1=C(C)C(C)C(O)C=C1CCC(C)CCC=C(C)CCC. The fourth-order valence-electron chi connectivity index (χ4n) is 4.26. The number of ether oxygens (including phenoxy) is 1. The van der Waals surface area contributed by atoms with Gasteiger partial charge >= 0.3 is 0 Å². The summed E-state index contributed by atoms with van der Waals surface area (Å²) in [5.74, 6) is 1.91. The van der Waals surface area contributed by atoms with Gasteiger partial charge in [-0.25, -0.2) is 0 Å². The molecule has 0 aliphatic heterocycles.